The molecule has 0 aliphatic carbocycles. The van der Waals surface area contributed by atoms with Gasteiger partial charge in [0.1, 0.15) is 0 Å². The van der Waals surface area contributed by atoms with Gasteiger partial charge in [0.25, 0.3) is 5.91 Å². The van der Waals surface area contributed by atoms with Crippen LogP contribution in [0.2, 0.25) is 0 Å². The average molecular weight is 491 g/mol. The topological polar surface area (TPSA) is 92.1 Å². The molecule has 186 valence electrons. The van der Waals surface area contributed by atoms with Gasteiger partial charge < -0.3 is 19.9 Å². The van der Waals surface area contributed by atoms with Gasteiger partial charge in [-0.3, -0.25) is 14.0 Å². The number of amides is 2. The van der Waals surface area contributed by atoms with E-state index in [9.17, 15) is 14.0 Å². The zero-order chi connectivity index (χ0) is 26.0. The predicted octanol–water partition coefficient (Wildman–Crippen LogP) is 3.76. The first-order valence-corrected chi connectivity index (χ1v) is 11.2. The van der Waals surface area contributed by atoms with Crippen molar-refractivity contribution in [3.05, 3.63) is 71.9 Å². The van der Waals surface area contributed by atoms with E-state index < -0.39 is 5.82 Å². The number of benzene rings is 2. The molecule has 10 heteroatoms. The molecule has 0 fully saturated rings. The molecule has 2 aromatic carbocycles. The molecule has 2 heterocycles. The van der Waals surface area contributed by atoms with Crippen LogP contribution in [0.15, 0.2) is 55.0 Å². The number of carbonyl (C=O) groups excluding carboxylic acids is 2. The maximum absolute atomic E-state index is 14.3. The van der Waals surface area contributed by atoms with Gasteiger partial charge in [-0.15, -0.1) is 0 Å². The van der Waals surface area contributed by atoms with Crippen molar-refractivity contribution in [1.29, 1.82) is 0 Å². The van der Waals surface area contributed by atoms with E-state index in [4.69, 9.17) is 4.74 Å². The highest BCUT2D eigenvalue weighted by molar-refractivity contribution is 5.98. The van der Waals surface area contributed by atoms with Gasteiger partial charge in [0.05, 0.1) is 25.5 Å². The van der Waals surface area contributed by atoms with E-state index >= 15 is 0 Å². The van der Waals surface area contributed by atoms with Crippen LogP contribution in [0.25, 0.3) is 16.9 Å². The smallest absolute Gasteiger partial charge is 0.254 e. The summed E-state index contributed by atoms with van der Waals surface area (Å²) < 4.78 is 21.1. The number of nitrogens with zero attached hydrogens (tertiary/aromatic N) is 5. The molecule has 0 bridgehead atoms. The van der Waals surface area contributed by atoms with E-state index in [1.165, 1.54) is 23.0 Å². The first-order chi connectivity index (χ1) is 17.2. The Labute approximate surface area is 208 Å². The Morgan fingerprint density at radius 3 is 2.56 bits per heavy atom. The number of ether oxygens (including phenoxy) is 1. The predicted molar refractivity (Wildman–Crippen MR) is 135 cm³/mol. The lowest BCUT2D eigenvalue weighted by Gasteiger charge is -2.20. The highest BCUT2D eigenvalue weighted by Gasteiger charge is 2.18. The highest BCUT2D eigenvalue weighted by atomic mass is 19.1. The molecule has 1 N–H and O–H groups in total. The molecule has 0 atom stereocenters. The molecule has 4 rings (SSSR count). The molecule has 0 spiro atoms. The highest BCUT2D eigenvalue weighted by Crippen LogP contribution is 2.28. The Kier molecular flexibility index (Phi) is 6.86. The first kappa shape index (κ1) is 24.6. The van der Waals surface area contributed by atoms with Crippen molar-refractivity contribution in [1.82, 2.24) is 24.2 Å². The lowest BCUT2D eigenvalue weighted by Crippen LogP contribution is -2.38. The van der Waals surface area contributed by atoms with Gasteiger partial charge in [-0.2, -0.15) is 0 Å². The first-order valence-electron chi connectivity index (χ1n) is 11.2. The van der Waals surface area contributed by atoms with Crippen molar-refractivity contribution in [3.8, 4) is 17.0 Å². The molecule has 9 nitrogen and oxygen atoms in total. The third-order valence-corrected chi connectivity index (χ3v) is 5.81. The van der Waals surface area contributed by atoms with Crippen molar-refractivity contribution >= 4 is 29.0 Å². The third kappa shape index (κ3) is 4.83. The van der Waals surface area contributed by atoms with E-state index in [-0.39, 0.29) is 24.1 Å². The monoisotopic (exact) mass is 490 g/mol. The molecule has 0 saturated carbocycles. The van der Waals surface area contributed by atoms with Gasteiger partial charge >= 0.3 is 0 Å². The molecular formula is C26H27FN6O3. The lowest BCUT2D eigenvalue weighted by atomic mass is 10.1. The summed E-state index contributed by atoms with van der Waals surface area (Å²) >= 11 is 0. The number of aromatic nitrogens is 3. The number of hydrogen-bond acceptors (Lipinski definition) is 6. The van der Waals surface area contributed by atoms with Gasteiger partial charge in [0.15, 0.2) is 23.0 Å². The number of imidazole rings is 1. The molecule has 2 aromatic heterocycles. The molecule has 0 unspecified atom stereocenters. The summed E-state index contributed by atoms with van der Waals surface area (Å²) in [5, 5.41) is 3.25. The van der Waals surface area contributed by atoms with Crippen molar-refractivity contribution in [2.75, 3.05) is 40.1 Å². The fraction of sp³-hybridized carbons (Fsp3) is 0.231. The number of nitrogens with one attached hydrogen (secondary N) is 1. The number of carbonyl (C=O) groups is 2. The maximum Gasteiger partial charge on any atom is 0.254 e. The Balaban J connectivity index is 1.58. The second kappa shape index (κ2) is 10.0. The summed E-state index contributed by atoms with van der Waals surface area (Å²) in [4.78, 5) is 36.5. The molecular weight excluding hydrogens is 463 g/mol. The minimum absolute atomic E-state index is 0.00248. The lowest BCUT2D eigenvalue weighted by molar-refractivity contribution is -0.129. The van der Waals surface area contributed by atoms with Gasteiger partial charge in [-0.05, 0) is 48.9 Å². The molecule has 0 aliphatic rings. The Morgan fingerprint density at radius 1 is 1.11 bits per heavy atom. The maximum atomic E-state index is 14.3. The zero-order valence-corrected chi connectivity index (χ0v) is 20.7. The summed E-state index contributed by atoms with van der Waals surface area (Å²) in [5.74, 6) is -0.176. The minimum Gasteiger partial charge on any atom is -0.494 e. The van der Waals surface area contributed by atoms with Crippen LogP contribution < -0.4 is 10.1 Å². The molecule has 4 aromatic rings. The van der Waals surface area contributed by atoms with Crippen LogP contribution in [0.1, 0.15) is 15.9 Å². The van der Waals surface area contributed by atoms with E-state index in [1.807, 2.05) is 17.4 Å². The van der Waals surface area contributed by atoms with E-state index in [2.05, 4.69) is 15.3 Å². The number of anilines is 2. The van der Waals surface area contributed by atoms with Crippen LogP contribution >= 0.6 is 0 Å². The van der Waals surface area contributed by atoms with Crippen molar-refractivity contribution in [3.63, 3.8) is 0 Å². The standard InChI is InChI=1S/C26H27FN6O3/c1-16-12-18(7-8-19(16)26(35)32(4)15-23(34)31(2)3)30-24-25-29-14-21(33(25)11-10-28-24)17-6-9-22(36-5)20(27)13-17/h6-14H,15H2,1-5H3,(H,28,30). The van der Waals surface area contributed by atoms with Gasteiger partial charge in [-0.25, -0.2) is 14.4 Å². The summed E-state index contributed by atoms with van der Waals surface area (Å²) in [7, 11) is 6.33. The van der Waals surface area contributed by atoms with Gasteiger partial charge in [0, 0.05) is 50.4 Å². The number of aryl methyl sites for hydroxylation is 1. The molecule has 0 aliphatic heterocycles. The zero-order valence-electron chi connectivity index (χ0n) is 20.7. The van der Waals surface area contributed by atoms with Crippen molar-refractivity contribution in [2.24, 2.45) is 0 Å². The average Bonchev–Trinajstić information content (AvgIpc) is 3.29. The van der Waals surface area contributed by atoms with E-state index in [0.717, 1.165) is 11.3 Å². The van der Waals surface area contributed by atoms with Gasteiger partial charge in [-0.1, -0.05) is 0 Å². The van der Waals surface area contributed by atoms with Crippen LogP contribution in [-0.2, 0) is 4.79 Å². The van der Waals surface area contributed by atoms with Crippen LogP contribution in [-0.4, -0.2) is 70.8 Å². The Hall–Kier alpha value is -4.47. The van der Waals surface area contributed by atoms with Crippen molar-refractivity contribution < 1.29 is 18.7 Å². The summed E-state index contributed by atoms with van der Waals surface area (Å²) in [6.45, 7) is 1.83. The SMILES string of the molecule is COc1ccc(-c2cnc3c(Nc4ccc(C(=O)N(C)CC(=O)N(C)C)c(C)c4)nccn23)cc1F. The number of hydrogen-bond donors (Lipinski definition) is 1. The fourth-order valence-corrected chi connectivity index (χ4v) is 3.79. The Bertz CT molecular complexity index is 1450. The minimum atomic E-state index is -0.459. The Morgan fingerprint density at radius 2 is 1.89 bits per heavy atom. The van der Waals surface area contributed by atoms with Gasteiger partial charge in [0.2, 0.25) is 5.91 Å². The third-order valence-electron chi connectivity index (χ3n) is 5.81. The quantitative estimate of drug-likeness (QED) is 0.424. The van der Waals surface area contributed by atoms with Crippen LogP contribution in [0, 0.1) is 12.7 Å². The fourth-order valence-electron chi connectivity index (χ4n) is 3.79. The summed E-state index contributed by atoms with van der Waals surface area (Å²) in [6, 6.07) is 10.1. The number of methoxy groups -OCH3 is 1. The number of rotatable bonds is 7. The van der Waals surface area contributed by atoms with Crippen molar-refractivity contribution in [2.45, 2.75) is 6.92 Å². The largest absolute Gasteiger partial charge is 0.494 e. The van der Waals surface area contributed by atoms with E-state index in [0.29, 0.717) is 28.3 Å². The van der Waals surface area contributed by atoms with Crippen LogP contribution in [0.5, 0.6) is 5.75 Å². The van der Waals surface area contributed by atoms with E-state index in [1.54, 1.807) is 64.0 Å². The molecule has 2 amide bonds. The molecule has 36 heavy (non-hydrogen) atoms. The summed E-state index contributed by atoms with van der Waals surface area (Å²) in [5.41, 5.74) is 3.88. The second-order valence-electron chi connectivity index (χ2n) is 8.57. The van der Waals surface area contributed by atoms with Crippen LogP contribution in [0.3, 0.4) is 0 Å². The summed E-state index contributed by atoms with van der Waals surface area (Å²) in [6.07, 6.45) is 5.03. The second-order valence-corrected chi connectivity index (χ2v) is 8.57. The number of halogens is 1. The number of likely N-dealkylation sites (N-methyl/N-ethyl adjacent to an activating group) is 2. The van der Waals surface area contributed by atoms with Crippen LogP contribution in [0.4, 0.5) is 15.9 Å². The number of fused-ring (bicyclic) bond motifs is 1. The molecule has 0 radical (unpaired) electrons. The molecule has 0 saturated heterocycles. The normalized spacial score (nSPS) is 10.8.